The van der Waals surface area contributed by atoms with E-state index in [1.54, 1.807) is 24.3 Å². The highest BCUT2D eigenvalue weighted by molar-refractivity contribution is 5.92. The standard InChI is InChI=1S/C18H18N2O2/c1-13(2)15-8-4-5-9-16(15)20-18(21)12-22-17-10-6-3-7-14(17)11-19/h3-10,13H,12H2,1-2H3,(H,20,21). The number of nitrogens with one attached hydrogen (secondary N) is 1. The van der Waals surface area contributed by atoms with Crippen LogP contribution in [0, 0.1) is 11.3 Å². The molecule has 0 aliphatic carbocycles. The van der Waals surface area contributed by atoms with Crippen molar-refractivity contribution in [1.82, 2.24) is 0 Å². The van der Waals surface area contributed by atoms with Crippen LogP contribution in [0.4, 0.5) is 5.69 Å². The Morgan fingerprint density at radius 2 is 1.86 bits per heavy atom. The third-order valence-electron chi connectivity index (χ3n) is 3.22. The normalized spacial score (nSPS) is 10.1. The quantitative estimate of drug-likeness (QED) is 0.914. The summed E-state index contributed by atoms with van der Waals surface area (Å²) in [5.74, 6) is 0.481. The molecular weight excluding hydrogens is 276 g/mol. The summed E-state index contributed by atoms with van der Waals surface area (Å²) in [5.41, 5.74) is 2.28. The highest BCUT2D eigenvalue weighted by atomic mass is 16.5. The fourth-order valence-electron chi connectivity index (χ4n) is 2.13. The van der Waals surface area contributed by atoms with Crippen LogP contribution in [0.15, 0.2) is 48.5 Å². The summed E-state index contributed by atoms with van der Waals surface area (Å²) in [7, 11) is 0. The van der Waals surface area contributed by atoms with Crippen molar-refractivity contribution >= 4 is 11.6 Å². The van der Waals surface area contributed by atoms with Gasteiger partial charge in [-0.1, -0.05) is 44.2 Å². The second-order valence-electron chi connectivity index (χ2n) is 5.19. The molecule has 0 unspecified atom stereocenters. The Bertz CT molecular complexity index is 702. The zero-order valence-corrected chi connectivity index (χ0v) is 12.7. The first-order chi connectivity index (χ1) is 10.6. The summed E-state index contributed by atoms with van der Waals surface area (Å²) in [6.07, 6.45) is 0. The van der Waals surface area contributed by atoms with Gasteiger partial charge >= 0.3 is 0 Å². The Balaban J connectivity index is 2.01. The van der Waals surface area contributed by atoms with E-state index in [4.69, 9.17) is 10.00 Å². The van der Waals surface area contributed by atoms with Crippen LogP contribution in [-0.4, -0.2) is 12.5 Å². The number of benzene rings is 2. The molecule has 2 aromatic rings. The summed E-state index contributed by atoms with van der Waals surface area (Å²) < 4.78 is 5.43. The van der Waals surface area contributed by atoms with Crippen LogP contribution < -0.4 is 10.1 Å². The van der Waals surface area contributed by atoms with E-state index in [1.807, 2.05) is 30.3 Å². The molecule has 0 atom stereocenters. The topological polar surface area (TPSA) is 62.1 Å². The van der Waals surface area contributed by atoms with E-state index in [2.05, 4.69) is 19.2 Å². The number of rotatable bonds is 5. The number of hydrogen-bond acceptors (Lipinski definition) is 3. The molecule has 0 fully saturated rings. The number of para-hydroxylation sites is 2. The molecule has 0 saturated heterocycles. The Kier molecular flexibility index (Phi) is 5.16. The van der Waals surface area contributed by atoms with Gasteiger partial charge in [0, 0.05) is 5.69 Å². The number of anilines is 1. The van der Waals surface area contributed by atoms with Crippen molar-refractivity contribution in [1.29, 1.82) is 5.26 Å². The average Bonchev–Trinajstić information content (AvgIpc) is 2.53. The van der Waals surface area contributed by atoms with Crippen LogP contribution in [0.25, 0.3) is 0 Å². The summed E-state index contributed by atoms with van der Waals surface area (Å²) in [4.78, 5) is 12.0. The average molecular weight is 294 g/mol. The van der Waals surface area contributed by atoms with Crippen molar-refractivity contribution in [2.75, 3.05) is 11.9 Å². The lowest BCUT2D eigenvalue weighted by Gasteiger charge is -2.14. The lowest BCUT2D eigenvalue weighted by Crippen LogP contribution is -2.21. The van der Waals surface area contributed by atoms with Crippen molar-refractivity contribution in [3.8, 4) is 11.8 Å². The molecule has 0 saturated carbocycles. The van der Waals surface area contributed by atoms with Crippen LogP contribution in [0.1, 0.15) is 30.9 Å². The monoisotopic (exact) mass is 294 g/mol. The molecule has 4 nitrogen and oxygen atoms in total. The van der Waals surface area contributed by atoms with Gasteiger partial charge in [0.2, 0.25) is 0 Å². The first-order valence-electron chi connectivity index (χ1n) is 7.12. The van der Waals surface area contributed by atoms with E-state index in [1.165, 1.54) is 0 Å². The lowest BCUT2D eigenvalue weighted by atomic mass is 10.0. The second-order valence-corrected chi connectivity index (χ2v) is 5.19. The second kappa shape index (κ2) is 7.28. The Hall–Kier alpha value is -2.80. The van der Waals surface area contributed by atoms with E-state index >= 15 is 0 Å². The molecule has 2 aromatic carbocycles. The first-order valence-corrected chi connectivity index (χ1v) is 7.12. The van der Waals surface area contributed by atoms with Gasteiger partial charge in [-0.15, -0.1) is 0 Å². The molecule has 4 heteroatoms. The zero-order valence-electron chi connectivity index (χ0n) is 12.7. The Morgan fingerprint density at radius 1 is 1.18 bits per heavy atom. The lowest BCUT2D eigenvalue weighted by molar-refractivity contribution is -0.118. The summed E-state index contributed by atoms with van der Waals surface area (Å²) in [6, 6.07) is 16.6. The molecule has 112 valence electrons. The van der Waals surface area contributed by atoms with Crippen LogP contribution in [0.5, 0.6) is 5.75 Å². The van der Waals surface area contributed by atoms with E-state index in [9.17, 15) is 4.79 Å². The molecule has 1 N–H and O–H groups in total. The van der Waals surface area contributed by atoms with Gasteiger partial charge in [-0.25, -0.2) is 0 Å². The summed E-state index contributed by atoms with van der Waals surface area (Å²) in [6.45, 7) is 4.01. The smallest absolute Gasteiger partial charge is 0.262 e. The van der Waals surface area contributed by atoms with Gasteiger partial charge in [0.05, 0.1) is 5.56 Å². The van der Waals surface area contributed by atoms with Gasteiger partial charge in [-0.05, 0) is 29.7 Å². The molecule has 0 bridgehead atoms. The number of nitrogens with zero attached hydrogens (tertiary/aromatic N) is 1. The first kappa shape index (κ1) is 15.6. The molecule has 0 radical (unpaired) electrons. The number of hydrogen-bond donors (Lipinski definition) is 1. The predicted molar refractivity (Wildman–Crippen MR) is 85.8 cm³/mol. The molecular formula is C18H18N2O2. The van der Waals surface area contributed by atoms with Crippen molar-refractivity contribution in [2.45, 2.75) is 19.8 Å². The van der Waals surface area contributed by atoms with E-state index in [-0.39, 0.29) is 12.5 Å². The maximum absolute atomic E-state index is 12.0. The summed E-state index contributed by atoms with van der Waals surface area (Å²) >= 11 is 0. The molecule has 0 spiro atoms. The van der Waals surface area contributed by atoms with Crippen LogP contribution >= 0.6 is 0 Å². The van der Waals surface area contributed by atoms with Gasteiger partial charge in [0.15, 0.2) is 6.61 Å². The number of carbonyl (C=O) groups is 1. The molecule has 0 aromatic heterocycles. The number of carbonyl (C=O) groups excluding carboxylic acids is 1. The molecule has 0 aliphatic rings. The van der Waals surface area contributed by atoms with Crippen LogP contribution in [0.2, 0.25) is 0 Å². The molecule has 1 amide bonds. The fourth-order valence-corrected chi connectivity index (χ4v) is 2.13. The highest BCUT2D eigenvalue weighted by Crippen LogP contribution is 2.23. The SMILES string of the molecule is CC(C)c1ccccc1NC(=O)COc1ccccc1C#N. The molecule has 2 rings (SSSR count). The van der Waals surface area contributed by atoms with Crippen LogP contribution in [-0.2, 0) is 4.79 Å². The van der Waals surface area contributed by atoms with Gasteiger partial charge in [-0.3, -0.25) is 4.79 Å². The van der Waals surface area contributed by atoms with E-state index < -0.39 is 0 Å². The minimum Gasteiger partial charge on any atom is -0.482 e. The van der Waals surface area contributed by atoms with Crippen molar-refractivity contribution in [2.24, 2.45) is 0 Å². The number of amides is 1. The maximum atomic E-state index is 12.0. The minimum atomic E-state index is -0.249. The van der Waals surface area contributed by atoms with Crippen molar-refractivity contribution < 1.29 is 9.53 Å². The molecule has 0 heterocycles. The largest absolute Gasteiger partial charge is 0.482 e. The number of nitriles is 1. The number of ether oxygens (including phenoxy) is 1. The van der Waals surface area contributed by atoms with E-state index in [0.717, 1.165) is 11.3 Å². The summed E-state index contributed by atoms with van der Waals surface area (Å²) in [5, 5.41) is 11.8. The van der Waals surface area contributed by atoms with Gasteiger partial charge in [0.1, 0.15) is 11.8 Å². The predicted octanol–water partition coefficient (Wildman–Crippen LogP) is 3.70. The van der Waals surface area contributed by atoms with Crippen LogP contribution in [0.3, 0.4) is 0 Å². The van der Waals surface area contributed by atoms with Gasteiger partial charge < -0.3 is 10.1 Å². The fraction of sp³-hybridized carbons (Fsp3) is 0.222. The van der Waals surface area contributed by atoms with Gasteiger partial charge in [0.25, 0.3) is 5.91 Å². The van der Waals surface area contributed by atoms with Crippen molar-refractivity contribution in [3.05, 3.63) is 59.7 Å². The maximum Gasteiger partial charge on any atom is 0.262 e. The van der Waals surface area contributed by atoms with Gasteiger partial charge in [-0.2, -0.15) is 5.26 Å². The Morgan fingerprint density at radius 3 is 2.59 bits per heavy atom. The third-order valence-corrected chi connectivity index (χ3v) is 3.22. The Labute approximate surface area is 130 Å². The molecule has 22 heavy (non-hydrogen) atoms. The molecule has 0 aliphatic heterocycles. The van der Waals surface area contributed by atoms with E-state index in [0.29, 0.717) is 17.2 Å². The highest BCUT2D eigenvalue weighted by Gasteiger charge is 2.10. The third kappa shape index (κ3) is 3.86. The zero-order chi connectivity index (χ0) is 15.9. The minimum absolute atomic E-state index is 0.134. The van der Waals surface area contributed by atoms with Crippen molar-refractivity contribution in [3.63, 3.8) is 0 Å².